The number of hydrogen-bond donors (Lipinski definition) is 1. The number of β-amino-alcohol motifs (C(OH)–C–C–N with tert-alkyl or cyclic N) is 1. The summed E-state index contributed by atoms with van der Waals surface area (Å²) >= 11 is 5.78. The average Bonchev–Trinajstić information content (AvgIpc) is 2.26. The van der Waals surface area contributed by atoms with Crippen LogP contribution in [0, 0.1) is 6.92 Å². The van der Waals surface area contributed by atoms with Crippen molar-refractivity contribution >= 4 is 17.5 Å². The molecule has 6 heteroatoms. The molecule has 1 aromatic rings. The Morgan fingerprint density at radius 1 is 1.38 bits per heavy atom. The van der Waals surface area contributed by atoms with Gasteiger partial charge >= 0.3 is 0 Å². The van der Waals surface area contributed by atoms with E-state index in [1.807, 2.05) is 4.90 Å². The van der Waals surface area contributed by atoms with Gasteiger partial charge in [0.25, 0.3) is 0 Å². The molecule has 0 unspecified atom stereocenters. The molecule has 1 saturated heterocycles. The number of aryl methyl sites for hydroxylation is 1. The number of rotatable bonds is 1. The van der Waals surface area contributed by atoms with Gasteiger partial charge in [-0.2, -0.15) is 0 Å². The molecule has 1 aliphatic heterocycles. The fourth-order valence-electron chi connectivity index (χ4n) is 1.87. The number of aliphatic hydroxyl groups is 1. The third-order valence-corrected chi connectivity index (χ3v) is 3.26. The zero-order chi connectivity index (χ0) is 11.7. The van der Waals surface area contributed by atoms with Crippen molar-refractivity contribution in [3.8, 4) is 0 Å². The maximum absolute atomic E-state index is 9.64. The topological polar surface area (TPSA) is 62.1 Å². The number of aromatic nitrogens is 3. The van der Waals surface area contributed by atoms with Gasteiger partial charge in [-0.05, 0) is 26.7 Å². The molecule has 1 N–H and O–H groups in total. The predicted octanol–water partition coefficient (Wildman–Crippen LogP) is 1.18. The highest BCUT2D eigenvalue weighted by Crippen LogP contribution is 2.22. The Kier molecular flexibility index (Phi) is 3.25. The highest BCUT2D eigenvalue weighted by molar-refractivity contribution is 6.29. The molecule has 0 spiro atoms. The monoisotopic (exact) mass is 242 g/mol. The zero-order valence-corrected chi connectivity index (χ0v) is 10.1. The summed E-state index contributed by atoms with van der Waals surface area (Å²) in [4.78, 5) is 6.27. The molecular weight excluding hydrogens is 228 g/mol. The van der Waals surface area contributed by atoms with Crippen LogP contribution in [-0.4, -0.2) is 39.0 Å². The lowest BCUT2D eigenvalue weighted by Crippen LogP contribution is -2.45. The molecule has 5 nitrogen and oxygen atoms in total. The van der Waals surface area contributed by atoms with Gasteiger partial charge in [0.15, 0.2) is 5.15 Å². The summed E-state index contributed by atoms with van der Waals surface area (Å²) in [6.07, 6.45) is 1.46. The molecule has 2 rings (SSSR count). The highest BCUT2D eigenvalue weighted by Gasteiger charge is 2.26. The number of halogens is 1. The minimum absolute atomic E-state index is 0.309. The Bertz CT molecular complexity index is 387. The van der Waals surface area contributed by atoms with Crippen LogP contribution < -0.4 is 4.90 Å². The summed E-state index contributed by atoms with van der Waals surface area (Å²) in [5.74, 6) is 0.549. The van der Waals surface area contributed by atoms with Gasteiger partial charge in [-0.1, -0.05) is 11.6 Å². The number of piperidine rings is 1. The fraction of sp³-hybridized carbons (Fsp3) is 0.700. The van der Waals surface area contributed by atoms with E-state index >= 15 is 0 Å². The van der Waals surface area contributed by atoms with Crippen LogP contribution in [0.1, 0.15) is 25.5 Å². The van der Waals surface area contributed by atoms with Crippen molar-refractivity contribution in [3.05, 3.63) is 10.8 Å². The lowest BCUT2D eigenvalue weighted by atomic mass is 10.0. The van der Waals surface area contributed by atoms with Gasteiger partial charge in [0, 0.05) is 12.6 Å². The Hall–Kier alpha value is -0.940. The van der Waals surface area contributed by atoms with E-state index in [0.717, 1.165) is 12.8 Å². The Morgan fingerprint density at radius 3 is 2.81 bits per heavy atom. The van der Waals surface area contributed by atoms with Crippen molar-refractivity contribution < 1.29 is 5.11 Å². The molecule has 0 aromatic carbocycles. The van der Waals surface area contributed by atoms with Gasteiger partial charge in [-0.15, -0.1) is 10.2 Å². The zero-order valence-electron chi connectivity index (χ0n) is 9.39. The van der Waals surface area contributed by atoms with E-state index in [2.05, 4.69) is 22.1 Å². The van der Waals surface area contributed by atoms with Crippen LogP contribution in [0.2, 0.25) is 5.15 Å². The molecule has 1 aromatic heterocycles. The van der Waals surface area contributed by atoms with Gasteiger partial charge in [-0.3, -0.25) is 0 Å². The first-order valence-electron chi connectivity index (χ1n) is 5.39. The van der Waals surface area contributed by atoms with Crippen molar-refractivity contribution in [2.24, 2.45) is 0 Å². The normalized spacial score (nSPS) is 25.9. The predicted molar refractivity (Wildman–Crippen MR) is 61.6 cm³/mol. The summed E-state index contributed by atoms with van der Waals surface area (Å²) in [7, 11) is 0. The summed E-state index contributed by atoms with van der Waals surface area (Å²) in [5, 5.41) is 17.8. The third-order valence-electron chi connectivity index (χ3n) is 2.91. The first-order chi connectivity index (χ1) is 7.58. The van der Waals surface area contributed by atoms with Gasteiger partial charge in [-0.25, -0.2) is 4.98 Å². The van der Waals surface area contributed by atoms with E-state index < -0.39 is 0 Å². The first kappa shape index (κ1) is 11.5. The second-order valence-electron chi connectivity index (χ2n) is 4.22. The van der Waals surface area contributed by atoms with Crippen molar-refractivity contribution in [1.29, 1.82) is 0 Å². The minimum atomic E-state index is -0.309. The molecule has 2 atom stereocenters. The molecule has 1 fully saturated rings. The van der Waals surface area contributed by atoms with Gasteiger partial charge < -0.3 is 10.0 Å². The lowest BCUT2D eigenvalue weighted by Gasteiger charge is -2.35. The number of aliphatic hydroxyl groups excluding tert-OH is 1. The molecule has 2 heterocycles. The minimum Gasteiger partial charge on any atom is -0.391 e. The fourth-order valence-corrected chi connectivity index (χ4v) is 1.95. The maximum atomic E-state index is 9.64. The molecule has 0 bridgehead atoms. The van der Waals surface area contributed by atoms with E-state index in [4.69, 9.17) is 11.6 Å². The summed E-state index contributed by atoms with van der Waals surface area (Å²) in [6.45, 7) is 4.45. The first-order valence-corrected chi connectivity index (χ1v) is 5.77. The molecule has 88 valence electrons. The van der Waals surface area contributed by atoms with Crippen LogP contribution in [-0.2, 0) is 0 Å². The van der Waals surface area contributed by atoms with E-state index in [1.165, 1.54) is 0 Å². The molecule has 0 aliphatic carbocycles. The number of anilines is 1. The van der Waals surface area contributed by atoms with Crippen LogP contribution in [0.3, 0.4) is 0 Å². The third kappa shape index (κ3) is 2.25. The average molecular weight is 243 g/mol. The van der Waals surface area contributed by atoms with E-state index in [0.29, 0.717) is 29.4 Å². The molecule has 16 heavy (non-hydrogen) atoms. The summed E-state index contributed by atoms with van der Waals surface area (Å²) in [5.41, 5.74) is 0.666. The second kappa shape index (κ2) is 4.51. The standard InChI is InChI=1S/C10H15ClN4O/c1-6-3-4-8(16)5-15(6)10-12-7(2)9(11)13-14-10/h6,8,16H,3-5H2,1-2H3/t6-,8+/m1/s1. The van der Waals surface area contributed by atoms with Crippen LogP contribution >= 0.6 is 11.6 Å². The van der Waals surface area contributed by atoms with Crippen molar-refractivity contribution in [3.63, 3.8) is 0 Å². The molecule has 0 amide bonds. The second-order valence-corrected chi connectivity index (χ2v) is 4.58. The molecule has 0 radical (unpaired) electrons. The van der Waals surface area contributed by atoms with Gasteiger partial charge in [0.1, 0.15) is 0 Å². The maximum Gasteiger partial charge on any atom is 0.246 e. The Balaban J connectivity index is 2.24. The summed E-state index contributed by atoms with van der Waals surface area (Å²) < 4.78 is 0. The number of hydrogen-bond acceptors (Lipinski definition) is 5. The SMILES string of the molecule is Cc1nc(N2C[C@@H](O)CC[C@H]2C)nnc1Cl. The van der Waals surface area contributed by atoms with Crippen LogP contribution in [0.5, 0.6) is 0 Å². The highest BCUT2D eigenvalue weighted by atomic mass is 35.5. The van der Waals surface area contributed by atoms with Crippen LogP contribution in [0.4, 0.5) is 5.95 Å². The van der Waals surface area contributed by atoms with Crippen LogP contribution in [0.15, 0.2) is 0 Å². The van der Waals surface area contributed by atoms with E-state index in [1.54, 1.807) is 6.92 Å². The summed E-state index contributed by atoms with van der Waals surface area (Å²) in [6, 6.07) is 0.325. The van der Waals surface area contributed by atoms with Gasteiger partial charge in [0.2, 0.25) is 5.95 Å². The van der Waals surface area contributed by atoms with Crippen molar-refractivity contribution in [1.82, 2.24) is 15.2 Å². The largest absolute Gasteiger partial charge is 0.391 e. The van der Waals surface area contributed by atoms with Gasteiger partial charge in [0.05, 0.1) is 11.8 Å². The van der Waals surface area contributed by atoms with E-state index in [9.17, 15) is 5.11 Å². The van der Waals surface area contributed by atoms with Crippen molar-refractivity contribution in [2.45, 2.75) is 38.8 Å². The Labute approximate surface area is 99.5 Å². The van der Waals surface area contributed by atoms with Crippen LogP contribution in [0.25, 0.3) is 0 Å². The smallest absolute Gasteiger partial charge is 0.246 e. The number of nitrogens with zero attached hydrogens (tertiary/aromatic N) is 4. The van der Waals surface area contributed by atoms with E-state index in [-0.39, 0.29) is 6.10 Å². The molecule has 1 aliphatic rings. The Morgan fingerprint density at radius 2 is 2.12 bits per heavy atom. The lowest BCUT2D eigenvalue weighted by molar-refractivity contribution is 0.143. The van der Waals surface area contributed by atoms with Crippen molar-refractivity contribution in [2.75, 3.05) is 11.4 Å². The molecular formula is C10H15ClN4O. The molecule has 0 saturated carbocycles. The quantitative estimate of drug-likeness (QED) is 0.801.